The van der Waals surface area contributed by atoms with Gasteiger partial charge >= 0.3 is 0 Å². The van der Waals surface area contributed by atoms with E-state index in [9.17, 15) is 0 Å². The van der Waals surface area contributed by atoms with Crippen LogP contribution in [0.5, 0.6) is 0 Å². The highest BCUT2D eigenvalue weighted by atomic mass is 28.2. The van der Waals surface area contributed by atoms with E-state index in [4.69, 9.17) is 4.43 Å². The van der Waals surface area contributed by atoms with Gasteiger partial charge in [0.05, 0.1) is 6.61 Å². The molecule has 0 aromatic heterocycles. The summed E-state index contributed by atoms with van der Waals surface area (Å²) in [5.74, 6) is 0. The lowest BCUT2D eigenvalue weighted by Crippen LogP contribution is -1.91. The molecule has 2 rings (SSSR count). The number of rotatable bonds is 4. The van der Waals surface area contributed by atoms with Crippen LogP contribution in [0.1, 0.15) is 11.1 Å². The summed E-state index contributed by atoms with van der Waals surface area (Å²) in [4.78, 5) is 0. The minimum Gasteiger partial charge on any atom is -0.424 e. The lowest BCUT2D eigenvalue weighted by Gasteiger charge is -2.08. The summed E-state index contributed by atoms with van der Waals surface area (Å²) in [7, 11) is 0.775. The third-order valence-electron chi connectivity index (χ3n) is 2.62. The van der Waals surface area contributed by atoms with Crippen LogP contribution in [-0.4, -0.2) is 17.1 Å². The van der Waals surface area contributed by atoms with Crippen molar-refractivity contribution in [2.75, 3.05) is 6.61 Å². The van der Waals surface area contributed by atoms with E-state index in [-0.39, 0.29) is 0 Å². The SMILES string of the molecule is [SiH3]OCC=C(c1ccccc1)c1ccccc1. The summed E-state index contributed by atoms with van der Waals surface area (Å²) in [6.45, 7) is 0.686. The van der Waals surface area contributed by atoms with Gasteiger partial charge in [0.15, 0.2) is 0 Å². The molecule has 0 atom stereocenters. The van der Waals surface area contributed by atoms with Crippen LogP contribution in [0.15, 0.2) is 66.7 Å². The summed E-state index contributed by atoms with van der Waals surface area (Å²) in [6.07, 6.45) is 2.15. The Labute approximate surface area is 105 Å². The summed E-state index contributed by atoms with van der Waals surface area (Å²) in [5, 5.41) is 0. The highest BCUT2D eigenvalue weighted by molar-refractivity contribution is 5.98. The van der Waals surface area contributed by atoms with E-state index in [1.165, 1.54) is 16.7 Å². The first-order valence-corrected chi connectivity index (χ1v) is 6.53. The molecule has 0 spiro atoms. The summed E-state index contributed by atoms with van der Waals surface area (Å²) >= 11 is 0. The molecule has 0 aliphatic carbocycles. The number of hydrogen-bond donors (Lipinski definition) is 0. The van der Waals surface area contributed by atoms with Crippen LogP contribution in [0, 0.1) is 0 Å². The fourth-order valence-corrected chi connectivity index (χ4v) is 1.97. The van der Waals surface area contributed by atoms with Gasteiger partial charge in [0.1, 0.15) is 10.5 Å². The Bertz CT molecular complexity index is 435. The fraction of sp³-hybridized carbons (Fsp3) is 0.0667. The van der Waals surface area contributed by atoms with Crippen molar-refractivity contribution in [3.63, 3.8) is 0 Å². The fourth-order valence-electron chi connectivity index (χ4n) is 1.80. The van der Waals surface area contributed by atoms with Crippen molar-refractivity contribution < 1.29 is 4.43 Å². The molecule has 2 aromatic rings. The van der Waals surface area contributed by atoms with Gasteiger partial charge in [-0.25, -0.2) is 0 Å². The molecule has 0 N–H and O–H groups in total. The third kappa shape index (κ3) is 3.16. The molecule has 17 heavy (non-hydrogen) atoms. The smallest absolute Gasteiger partial charge is 0.146 e. The standard InChI is InChI=1S/C15H16OSi/c17-16-12-11-15(13-7-3-1-4-8-13)14-9-5-2-6-10-14/h1-11H,12H2,17H3. The lowest BCUT2D eigenvalue weighted by molar-refractivity contribution is 0.402. The van der Waals surface area contributed by atoms with Crippen molar-refractivity contribution in [2.45, 2.75) is 0 Å². The van der Waals surface area contributed by atoms with Crippen LogP contribution in [-0.2, 0) is 4.43 Å². The van der Waals surface area contributed by atoms with Gasteiger partial charge in [-0.1, -0.05) is 66.7 Å². The molecule has 0 fully saturated rings. The van der Waals surface area contributed by atoms with Crippen LogP contribution < -0.4 is 0 Å². The molecule has 0 unspecified atom stereocenters. The van der Waals surface area contributed by atoms with Crippen molar-refractivity contribution in [1.29, 1.82) is 0 Å². The molecule has 0 saturated carbocycles. The largest absolute Gasteiger partial charge is 0.424 e. The molecule has 86 valence electrons. The maximum atomic E-state index is 5.28. The van der Waals surface area contributed by atoms with Crippen molar-refractivity contribution in [1.82, 2.24) is 0 Å². The summed E-state index contributed by atoms with van der Waals surface area (Å²) in [6, 6.07) is 20.9. The minimum atomic E-state index is 0.686. The van der Waals surface area contributed by atoms with Crippen molar-refractivity contribution >= 4 is 16.1 Å². The second kappa shape index (κ2) is 6.18. The van der Waals surface area contributed by atoms with Gasteiger partial charge in [-0.3, -0.25) is 0 Å². The molecule has 0 aliphatic heterocycles. The van der Waals surface area contributed by atoms with Crippen LogP contribution in [0.25, 0.3) is 5.57 Å². The van der Waals surface area contributed by atoms with E-state index in [0.29, 0.717) is 6.61 Å². The third-order valence-corrected chi connectivity index (χ3v) is 2.96. The molecule has 0 heterocycles. The van der Waals surface area contributed by atoms with Crippen LogP contribution in [0.4, 0.5) is 0 Å². The first-order valence-electron chi connectivity index (χ1n) is 5.72. The zero-order valence-corrected chi connectivity index (χ0v) is 12.0. The Morgan fingerprint density at radius 3 is 1.76 bits per heavy atom. The monoisotopic (exact) mass is 240 g/mol. The second-order valence-corrected chi connectivity index (χ2v) is 4.38. The molecule has 0 bridgehead atoms. The van der Waals surface area contributed by atoms with E-state index in [2.05, 4.69) is 54.6 Å². The van der Waals surface area contributed by atoms with E-state index in [1.807, 2.05) is 12.1 Å². The predicted octanol–water partition coefficient (Wildman–Crippen LogP) is 2.42. The molecular weight excluding hydrogens is 224 g/mol. The summed E-state index contributed by atoms with van der Waals surface area (Å²) in [5.41, 5.74) is 3.71. The van der Waals surface area contributed by atoms with E-state index in [0.717, 1.165) is 10.5 Å². The number of benzene rings is 2. The van der Waals surface area contributed by atoms with Crippen molar-refractivity contribution in [2.24, 2.45) is 0 Å². The van der Waals surface area contributed by atoms with Crippen molar-refractivity contribution in [3.8, 4) is 0 Å². The first kappa shape index (κ1) is 11.8. The molecular formula is C15H16OSi. The Kier molecular flexibility index (Phi) is 4.30. The van der Waals surface area contributed by atoms with Gasteiger partial charge in [0.25, 0.3) is 0 Å². The second-order valence-electron chi connectivity index (χ2n) is 3.81. The molecule has 0 radical (unpaired) electrons. The normalized spacial score (nSPS) is 10.1. The Morgan fingerprint density at radius 2 is 1.35 bits per heavy atom. The zero-order chi connectivity index (χ0) is 11.9. The van der Waals surface area contributed by atoms with Crippen LogP contribution in [0.3, 0.4) is 0 Å². The van der Waals surface area contributed by atoms with Gasteiger partial charge < -0.3 is 4.43 Å². The molecule has 0 aliphatic rings. The Balaban J connectivity index is 2.40. The van der Waals surface area contributed by atoms with E-state index in [1.54, 1.807) is 0 Å². The van der Waals surface area contributed by atoms with E-state index >= 15 is 0 Å². The average Bonchev–Trinajstić information content (AvgIpc) is 2.42. The van der Waals surface area contributed by atoms with Crippen LogP contribution >= 0.6 is 0 Å². The molecule has 0 amide bonds. The predicted molar refractivity (Wildman–Crippen MR) is 75.9 cm³/mol. The number of hydrogen-bond acceptors (Lipinski definition) is 1. The topological polar surface area (TPSA) is 9.23 Å². The highest BCUT2D eigenvalue weighted by Crippen LogP contribution is 2.22. The quantitative estimate of drug-likeness (QED) is 0.746. The maximum absolute atomic E-state index is 5.28. The minimum absolute atomic E-state index is 0.686. The lowest BCUT2D eigenvalue weighted by atomic mass is 9.98. The Hall–Kier alpha value is -1.64. The molecule has 2 heteroatoms. The maximum Gasteiger partial charge on any atom is 0.146 e. The first-order chi connectivity index (χ1) is 8.42. The van der Waals surface area contributed by atoms with Crippen LogP contribution in [0.2, 0.25) is 0 Å². The van der Waals surface area contributed by atoms with E-state index < -0.39 is 0 Å². The molecule has 1 nitrogen and oxygen atoms in total. The zero-order valence-electron chi connectivity index (χ0n) is 9.97. The Morgan fingerprint density at radius 1 is 0.882 bits per heavy atom. The van der Waals surface area contributed by atoms with Gasteiger partial charge in [0.2, 0.25) is 0 Å². The summed E-state index contributed by atoms with van der Waals surface area (Å²) < 4.78 is 5.28. The van der Waals surface area contributed by atoms with Gasteiger partial charge in [-0.05, 0) is 16.7 Å². The van der Waals surface area contributed by atoms with Gasteiger partial charge in [0, 0.05) is 0 Å². The van der Waals surface area contributed by atoms with Gasteiger partial charge in [-0.15, -0.1) is 0 Å². The molecule has 0 saturated heterocycles. The van der Waals surface area contributed by atoms with Gasteiger partial charge in [-0.2, -0.15) is 0 Å². The molecule has 2 aromatic carbocycles. The average molecular weight is 240 g/mol. The van der Waals surface area contributed by atoms with Crippen molar-refractivity contribution in [3.05, 3.63) is 77.9 Å². The highest BCUT2D eigenvalue weighted by Gasteiger charge is 2.02.